The lowest BCUT2D eigenvalue weighted by Crippen LogP contribution is -2.42. The van der Waals surface area contributed by atoms with E-state index in [2.05, 4.69) is 20.9 Å². The molecule has 1 fully saturated rings. The summed E-state index contributed by atoms with van der Waals surface area (Å²) in [6.07, 6.45) is -0.105. The van der Waals surface area contributed by atoms with Crippen LogP contribution in [0.4, 0.5) is 0 Å². The number of carbonyl (C=O) groups is 1. The smallest absolute Gasteiger partial charge is 0.254 e. The van der Waals surface area contributed by atoms with Crippen molar-refractivity contribution in [1.29, 1.82) is 0 Å². The molecular formula is C22H21BrN2O2. The van der Waals surface area contributed by atoms with Crippen LogP contribution in [0.5, 0.6) is 0 Å². The maximum atomic E-state index is 13.3. The van der Waals surface area contributed by atoms with Crippen LogP contribution in [0.1, 0.15) is 33.3 Å². The SMILES string of the molecule is Cc1ccc2nc(C)cc(C(=O)N3CCOC(c4ccc(Br)cc4)C3)c2c1. The van der Waals surface area contributed by atoms with Gasteiger partial charge in [0.15, 0.2) is 0 Å². The molecule has 27 heavy (non-hydrogen) atoms. The first-order valence-electron chi connectivity index (χ1n) is 9.05. The molecule has 2 heterocycles. The normalized spacial score (nSPS) is 17.3. The molecule has 2 aromatic carbocycles. The molecule has 1 aliphatic rings. The largest absolute Gasteiger partial charge is 0.370 e. The number of amides is 1. The van der Waals surface area contributed by atoms with Gasteiger partial charge in [-0.2, -0.15) is 0 Å². The van der Waals surface area contributed by atoms with E-state index in [1.54, 1.807) is 0 Å². The molecule has 0 aliphatic carbocycles. The zero-order valence-corrected chi connectivity index (χ0v) is 17.0. The first kappa shape index (κ1) is 18.1. The lowest BCUT2D eigenvalue weighted by molar-refractivity contribution is -0.0227. The van der Waals surface area contributed by atoms with E-state index in [4.69, 9.17) is 4.74 Å². The van der Waals surface area contributed by atoms with Crippen LogP contribution in [-0.2, 0) is 4.74 Å². The summed E-state index contributed by atoms with van der Waals surface area (Å²) in [5.74, 6) is 0.0431. The standard InChI is InChI=1S/C22H21BrN2O2/c1-14-3-8-20-18(11-14)19(12-15(2)24-20)22(26)25-9-10-27-21(13-25)16-4-6-17(23)7-5-16/h3-8,11-12,21H,9-10,13H2,1-2H3. The summed E-state index contributed by atoms with van der Waals surface area (Å²) >= 11 is 3.46. The molecule has 0 spiro atoms. The van der Waals surface area contributed by atoms with Crippen LogP contribution in [0.15, 0.2) is 53.0 Å². The molecule has 1 aliphatic heterocycles. The highest BCUT2D eigenvalue weighted by Crippen LogP contribution is 2.27. The molecule has 0 radical (unpaired) electrons. The van der Waals surface area contributed by atoms with Gasteiger partial charge >= 0.3 is 0 Å². The highest BCUT2D eigenvalue weighted by Gasteiger charge is 2.27. The second kappa shape index (κ2) is 7.41. The molecule has 1 aromatic heterocycles. The summed E-state index contributed by atoms with van der Waals surface area (Å²) in [5.41, 5.74) is 4.64. The minimum Gasteiger partial charge on any atom is -0.370 e. The van der Waals surface area contributed by atoms with Crippen molar-refractivity contribution in [2.45, 2.75) is 20.0 Å². The number of aryl methyl sites for hydroxylation is 2. The molecule has 1 amide bonds. The summed E-state index contributed by atoms with van der Waals surface area (Å²) < 4.78 is 6.96. The van der Waals surface area contributed by atoms with Crippen LogP contribution in [0.3, 0.4) is 0 Å². The zero-order chi connectivity index (χ0) is 19.0. The lowest BCUT2D eigenvalue weighted by Gasteiger charge is -2.33. The Bertz CT molecular complexity index is 1000. The van der Waals surface area contributed by atoms with E-state index < -0.39 is 0 Å². The Morgan fingerprint density at radius 2 is 1.93 bits per heavy atom. The highest BCUT2D eigenvalue weighted by atomic mass is 79.9. The molecule has 1 atom stereocenters. The van der Waals surface area contributed by atoms with Crippen molar-refractivity contribution in [3.8, 4) is 0 Å². The number of rotatable bonds is 2. The average molecular weight is 425 g/mol. The number of carbonyl (C=O) groups excluding carboxylic acids is 1. The maximum Gasteiger partial charge on any atom is 0.254 e. The molecule has 0 saturated carbocycles. The van der Waals surface area contributed by atoms with Gasteiger partial charge in [-0.1, -0.05) is 39.7 Å². The van der Waals surface area contributed by atoms with Crippen molar-refractivity contribution in [1.82, 2.24) is 9.88 Å². The summed E-state index contributed by atoms with van der Waals surface area (Å²) in [6.45, 7) is 5.65. The van der Waals surface area contributed by atoms with Gasteiger partial charge in [0.05, 0.1) is 24.2 Å². The van der Waals surface area contributed by atoms with Gasteiger partial charge < -0.3 is 9.64 Å². The van der Waals surface area contributed by atoms with Crippen LogP contribution >= 0.6 is 15.9 Å². The number of halogens is 1. The first-order chi connectivity index (χ1) is 13.0. The van der Waals surface area contributed by atoms with E-state index >= 15 is 0 Å². The molecule has 3 aromatic rings. The molecular weight excluding hydrogens is 404 g/mol. The third-order valence-corrected chi connectivity index (χ3v) is 5.45. The van der Waals surface area contributed by atoms with Gasteiger partial charge in [0.1, 0.15) is 6.10 Å². The van der Waals surface area contributed by atoms with E-state index in [0.717, 1.165) is 37.8 Å². The second-order valence-electron chi connectivity index (χ2n) is 6.99. The van der Waals surface area contributed by atoms with Crippen LogP contribution in [0.2, 0.25) is 0 Å². The zero-order valence-electron chi connectivity index (χ0n) is 15.4. The number of hydrogen-bond acceptors (Lipinski definition) is 3. The molecule has 4 nitrogen and oxygen atoms in total. The van der Waals surface area contributed by atoms with Crippen molar-refractivity contribution in [2.24, 2.45) is 0 Å². The Balaban J connectivity index is 1.65. The maximum absolute atomic E-state index is 13.3. The Hall–Kier alpha value is -2.24. The number of aromatic nitrogens is 1. The van der Waals surface area contributed by atoms with Crippen molar-refractivity contribution < 1.29 is 9.53 Å². The quantitative estimate of drug-likeness (QED) is 0.591. The minimum atomic E-state index is -0.105. The van der Waals surface area contributed by atoms with Crippen LogP contribution in [0.25, 0.3) is 10.9 Å². The van der Waals surface area contributed by atoms with Gasteiger partial charge in [-0.05, 0) is 49.7 Å². The average Bonchev–Trinajstić information content (AvgIpc) is 2.68. The highest BCUT2D eigenvalue weighted by molar-refractivity contribution is 9.10. The Morgan fingerprint density at radius 3 is 2.70 bits per heavy atom. The van der Waals surface area contributed by atoms with Crippen molar-refractivity contribution >= 4 is 32.7 Å². The Morgan fingerprint density at radius 1 is 1.15 bits per heavy atom. The van der Waals surface area contributed by atoms with Gasteiger partial charge in [0.2, 0.25) is 0 Å². The van der Waals surface area contributed by atoms with Gasteiger partial charge in [0, 0.05) is 22.1 Å². The summed E-state index contributed by atoms with van der Waals surface area (Å²) in [6, 6.07) is 16.0. The third-order valence-electron chi connectivity index (χ3n) is 4.92. The minimum absolute atomic E-state index is 0.0431. The van der Waals surface area contributed by atoms with Gasteiger partial charge in [-0.3, -0.25) is 9.78 Å². The molecule has 5 heteroatoms. The van der Waals surface area contributed by atoms with Crippen molar-refractivity contribution in [3.05, 3.63) is 75.4 Å². The van der Waals surface area contributed by atoms with Crippen LogP contribution in [0, 0.1) is 13.8 Å². The fraction of sp³-hybridized carbons (Fsp3) is 0.273. The van der Waals surface area contributed by atoms with E-state index in [0.29, 0.717) is 19.7 Å². The second-order valence-corrected chi connectivity index (χ2v) is 7.91. The summed E-state index contributed by atoms with van der Waals surface area (Å²) in [5, 5.41) is 0.914. The topological polar surface area (TPSA) is 42.4 Å². The number of benzene rings is 2. The van der Waals surface area contributed by atoms with Gasteiger partial charge in [-0.25, -0.2) is 0 Å². The lowest BCUT2D eigenvalue weighted by atomic mass is 10.0. The molecule has 0 N–H and O–H groups in total. The van der Waals surface area contributed by atoms with E-state index in [1.807, 2.05) is 67.3 Å². The predicted molar refractivity (Wildman–Crippen MR) is 110 cm³/mol. The fourth-order valence-corrected chi connectivity index (χ4v) is 3.80. The van der Waals surface area contributed by atoms with Gasteiger partial charge in [-0.15, -0.1) is 0 Å². The number of hydrogen-bond donors (Lipinski definition) is 0. The molecule has 0 bridgehead atoms. The van der Waals surface area contributed by atoms with E-state index in [9.17, 15) is 4.79 Å². The third kappa shape index (κ3) is 3.75. The first-order valence-corrected chi connectivity index (χ1v) is 9.85. The number of nitrogens with zero attached hydrogens (tertiary/aromatic N) is 2. The fourth-order valence-electron chi connectivity index (χ4n) is 3.53. The number of fused-ring (bicyclic) bond motifs is 1. The van der Waals surface area contributed by atoms with Crippen LogP contribution in [-0.4, -0.2) is 35.5 Å². The number of ether oxygens (including phenoxy) is 1. The summed E-state index contributed by atoms with van der Waals surface area (Å²) in [7, 11) is 0. The molecule has 4 rings (SSSR count). The molecule has 1 saturated heterocycles. The predicted octanol–water partition coefficient (Wildman–Crippen LogP) is 4.83. The number of pyridine rings is 1. The molecule has 1 unspecified atom stereocenters. The van der Waals surface area contributed by atoms with E-state index in [-0.39, 0.29) is 12.0 Å². The monoisotopic (exact) mass is 424 g/mol. The number of morpholine rings is 1. The van der Waals surface area contributed by atoms with Crippen molar-refractivity contribution in [2.75, 3.05) is 19.7 Å². The Labute approximate surface area is 167 Å². The van der Waals surface area contributed by atoms with Crippen molar-refractivity contribution in [3.63, 3.8) is 0 Å². The van der Waals surface area contributed by atoms with E-state index in [1.165, 1.54) is 0 Å². The Kier molecular flexibility index (Phi) is 4.98. The summed E-state index contributed by atoms with van der Waals surface area (Å²) in [4.78, 5) is 19.8. The molecule has 138 valence electrons. The van der Waals surface area contributed by atoms with Gasteiger partial charge in [0.25, 0.3) is 5.91 Å². The van der Waals surface area contributed by atoms with Crippen LogP contribution < -0.4 is 0 Å².